The summed E-state index contributed by atoms with van der Waals surface area (Å²) in [5, 5.41) is 3.99. The van der Waals surface area contributed by atoms with E-state index in [0.29, 0.717) is 34.5 Å². The number of methoxy groups -OCH3 is 2. The Labute approximate surface area is 147 Å². The van der Waals surface area contributed by atoms with Crippen LogP contribution >= 0.6 is 15.9 Å². The Morgan fingerprint density at radius 3 is 2.62 bits per heavy atom. The van der Waals surface area contributed by atoms with Crippen molar-refractivity contribution in [3.8, 4) is 28.6 Å². The molecular formula is C17H15BrN2O4. The van der Waals surface area contributed by atoms with Crippen LogP contribution in [0.4, 0.5) is 0 Å². The van der Waals surface area contributed by atoms with Crippen LogP contribution < -0.4 is 14.2 Å². The maximum absolute atomic E-state index is 5.67. The number of aromatic nitrogens is 2. The first-order valence-corrected chi connectivity index (χ1v) is 7.93. The molecule has 0 aliphatic heterocycles. The average molecular weight is 391 g/mol. The minimum absolute atomic E-state index is 0.175. The summed E-state index contributed by atoms with van der Waals surface area (Å²) < 4.78 is 22.3. The third kappa shape index (κ3) is 3.51. The fourth-order valence-electron chi connectivity index (χ4n) is 2.11. The largest absolute Gasteiger partial charge is 0.497 e. The van der Waals surface area contributed by atoms with Crippen LogP contribution in [0, 0.1) is 0 Å². The van der Waals surface area contributed by atoms with Gasteiger partial charge in [-0.15, -0.1) is 0 Å². The number of hydrogen-bond acceptors (Lipinski definition) is 6. The molecule has 0 unspecified atom stereocenters. The summed E-state index contributed by atoms with van der Waals surface area (Å²) in [5.41, 5.74) is 0.717. The fourth-order valence-corrected chi connectivity index (χ4v) is 2.51. The number of halogens is 1. The molecular weight excluding hydrogens is 376 g/mol. The number of para-hydroxylation sites is 1. The van der Waals surface area contributed by atoms with Crippen molar-refractivity contribution in [2.75, 3.05) is 14.2 Å². The topological polar surface area (TPSA) is 66.6 Å². The van der Waals surface area contributed by atoms with E-state index in [0.717, 1.165) is 4.47 Å². The second-order valence-corrected chi connectivity index (χ2v) is 5.65. The smallest absolute Gasteiger partial charge is 0.264 e. The Morgan fingerprint density at radius 1 is 1.04 bits per heavy atom. The summed E-state index contributed by atoms with van der Waals surface area (Å²) in [7, 11) is 3.18. The predicted molar refractivity (Wildman–Crippen MR) is 91.3 cm³/mol. The molecule has 24 heavy (non-hydrogen) atoms. The summed E-state index contributed by atoms with van der Waals surface area (Å²) in [6.45, 7) is 0.175. The second-order valence-electron chi connectivity index (χ2n) is 4.80. The molecule has 0 fully saturated rings. The zero-order valence-corrected chi connectivity index (χ0v) is 14.7. The first kappa shape index (κ1) is 16.3. The normalized spacial score (nSPS) is 10.5. The molecule has 1 heterocycles. The fraction of sp³-hybridized carbons (Fsp3) is 0.176. The highest BCUT2D eigenvalue weighted by Gasteiger charge is 2.15. The molecule has 7 heteroatoms. The SMILES string of the molecule is COc1ccc(-c2noc(COc3ccccc3Br)n2)c(OC)c1. The molecule has 0 bridgehead atoms. The molecule has 0 radical (unpaired) electrons. The van der Waals surface area contributed by atoms with Gasteiger partial charge in [-0.2, -0.15) is 4.98 Å². The van der Waals surface area contributed by atoms with Crippen molar-refractivity contribution < 1.29 is 18.7 Å². The standard InChI is InChI=1S/C17H15BrN2O4/c1-21-11-7-8-12(15(9-11)22-2)17-19-16(24-20-17)10-23-14-6-4-3-5-13(14)18/h3-9H,10H2,1-2H3. The Balaban J connectivity index is 1.77. The van der Waals surface area contributed by atoms with Crippen LogP contribution in [0.1, 0.15) is 5.89 Å². The van der Waals surface area contributed by atoms with Gasteiger partial charge in [-0.3, -0.25) is 0 Å². The molecule has 1 aromatic heterocycles. The van der Waals surface area contributed by atoms with Gasteiger partial charge in [-0.25, -0.2) is 0 Å². The van der Waals surface area contributed by atoms with E-state index >= 15 is 0 Å². The van der Waals surface area contributed by atoms with Gasteiger partial charge in [0.1, 0.15) is 17.2 Å². The van der Waals surface area contributed by atoms with Crippen LogP contribution in [0.5, 0.6) is 17.2 Å². The zero-order chi connectivity index (χ0) is 16.9. The van der Waals surface area contributed by atoms with Gasteiger partial charge in [0.2, 0.25) is 5.82 Å². The lowest BCUT2D eigenvalue weighted by Crippen LogP contribution is -1.96. The Bertz CT molecular complexity index is 835. The summed E-state index contributed by atoms with van der Waals surface area (Å²) in [6, 6.07) is 13.0. The molecule has 0 spiro atoms. The van der Waals surface area contributed by atoms with E-state index in [-0.39, 0.29) is 6.61 Å². The van der Waals surface area contributed by atoms with Crippen LogP contribution in [0.25, 0.3) is 11.4 Å². The maximum Gasteiger partial charge on any atom is 0.264 e. The van der Waals surface area contributed by atoms with Crippen molar-refractivity contribution in [1.29, 1.82) is 0 Å². The average Bonchev–Trinajstić information content (AvgIpc) is 3.09. The monoisotopic (exact) mass is 390 g/mol. The Kier molecular flexibility index (Phi) is 5.00. The molecule has 0 aliphatic rings. The molecule has 3 rings (SSSR count). The number of benzene rings is 2. The van der Waals surface area contributed by atoms with Gasteiger partial charge in [-0.05, 0) is 40.2 Å². The highest BCUT2D eigenvalue weighted by atomic mass is 79.9. The van der Waals surface area contributed by atoms with E-state index in [2.05, 4.69) is 26.1 Å². The number of hydrogen-bond donors (Lipinski definition) is 0. The van der Waals surface area contributed by atoms with Crippen molar-refractivity contribution in [2.45, 2.75) is 6.61 Å². The first-order chi connectivity index (χ1) is 11.7. The number of ether oxygens (including phenoxy) is 3. The third-order valence-corrected chi connectivity index (χ3v) is 3.96. The van der Waals surface area contributed by atoms with Gasteiger partial charge >= 0.3 is 0 Å². The van der Waals surface area contributed by atoms with E-state index in [9.17, 15) is 0 Å². The highest BCUT2D eigenvalue weighted by Crippen LogP contribution is 2.31. The van der Waals surface area contributed by atoms with Crippen molar-refractivity contribution in [1.82, 2.24) is 10.1 Å². The van der Waals surface area contributed by atoms with Crippen LogP contribution in [0.3, 0.4) is 0 Å². The van der Waals surface area contributed by atoms with Gasteiger partial charge in [0.15, 0.2) is 6.61 Å². The lowest BCUT2D eigenvalue weighted by molar-refractivity contribution is 0.242. The van der Waals surface area contributed by atoms with E-state index in [1.807, 2.05) is 36.4 Å². The van der Waals surface area contributed by atoms with Crippen molar-refractivity contribution >= 4 is 15.9 Å². The minimum Gasteiger partial charge on any atom is -0.497 e. The van der Waals surface area contributed by atoms with E-state index < -0.39 is 0 Å². The van der Waals surface area contributed by atoms with E-state index in [1.165, 1.54) is 0 Å². The minimum atomic E-state index is 0.175. The summed E-state index contributed by atoms with van der Waals surface area (Å²) in [4.78, 5) is 4.35. The molecule has 0 N–H and O–H groups in total. The lowest BCUT2D eigenvalue weighted by atomic mass is 10.2. The second kappa shape index (κ2) is 7.35. The van der Waals surface area contributed by atoms with Crippen molar-refractivity contribution in [3.05, 3.63) is 52.8 Å². The van der Waals surface area contributed by atoms with Gasteiger partial charge in [0, 0.05) is 6.07 Å². The number of nitrogens with zero attached hydrogens (tertiary/aromatic N) is 2. The molecule has 0 saturated carbocycles. The van der Waals surface area contributed by atoms with Crippen LogP contribution in [0.2, 0.25) is 0 Å². The van der Waals surface area contributed by atoms with Crippen LogP contribution in [0.15, 0.2) is 51.5 Å². The van der Waals surface area contributed by atoms with E-state index in [1.54, 1.807) is 20.3 Å². The summed E-state index contributed by atoms with van der Waals surface area (Å²) >= 11 is 3.42. The van der Waals surface area contributed by atoms with Crippen molar-refractivity contribution in [3.63, 3.8) is 0 Å². The first-order valence-electron chi connectivity index (χ1n) is 7.13. The van der Waals surface area contributed by atoms with Crippen LogP contribution in [-0.2, 0) is 6.61 Å². The van der Waals surface area contributed by atoms with Crippen molar-refractivity contribution in [2.24, 2.45) is 0 Å². The van der Waals surface area contributed by atoms with Gasteiger partial charge in [-0.1, -0.05) is 17.3 Å². The van der Waals surface area contributed by atoms with Gasteiger partial charge in [0.25, 0.3) is 5.89 Å². The quantitative estimate of drug-likeness (QED) is 0.631. The highest BCUT2D eigenvalue weighted by molar-refractivity contribution is 9.10. The summed E-state index contributed by atoms with van der Waals surface area (Å²) in [5.74, 6) is 2.81. The zero-order valence-electron chi connectivity index (χ0n) is 13.2. The lowest BCUT2D eigenvalue weighted by Gasteiger charge is -2.07. The maximum atomic E-state index is 5.67. The molecule has 0 saturated heterocycles. The summed E-state index contributed by atoms with van der Waals surface area (Å²) in [6.07, 6.45) is 0. The third-order valence-electron chi connectivity index (χ3n) is 3.31. The van der Waals surface area contributed by atoms with Gasteiger partial charge < -0.3 is 18.7 Å². The molecule has 0 atom stereocenters. The molecule has 0 amide bonds. The molecule has 124 valence electrons. The molecule has 2 aromatic carbocycles. The molecule has 6 nitrogen and oxygen atoms in total. The van der Waals surface area contributed by atoms with E-state index in [4.69, 9.17) is 18.7 Å². The number of rotatable bonds is 6. The predicted octanol–water partition coefficient (Wildman–Crippen LogP) is 4.10. The van der Waals surface area contributed by atoms with Gasteiger partial charge in [0.05, 0.1) is 24.3 Å². The Morgan fingerprint density at radius 2 is 1.88 bits per heavy atom. The Hall–Kier alpha value is -2.54. The van der Waals surface area contributed by atoms with Crippen LogP contribution in [-0.4, -0.2) is 24.4 Å². The molecule has 3 aromatic rings. The molecule has 0 aliphatic carbocycles.